The lowest BCUT2D eigenvalue weighted by molar-refractivity contribution is -0.0399. The van der Waals surface area contributed by atoms with Crippen molar-refractivity contribution in [2.45, 2.75) is 37.3 Å². The van der Waals surface area contributed by atoms with Gasteiger partial charge in [-0.1, -0.05) is 0 Å². The summed E-state index contributed by atoms with van der Waals surface area (Å²) in [6.45, 7) is 7.00. The fourth-order valence-electron chi connectivity index (χ4n) is 4.38. The molecule has 0 aromatic carbocycles. The third-order valence-corrected chi connectivity index (χ3v) is 5.65. The zero-order valence-corrected chi connectivity index (χ0v) is 11.6. The largest absolute Gasteiger partial charge is 0.381 e. The second kappa shape index (κ2) is 5.08. The van der Waals surface area contributed by atoms with Crippen LogP contribution in [-0.2, 0) is 4.74 Å². The summed E-state index contributed by atoms with van der Waals surface area (Å²) in [5.41, 5.74) is 6.53. The summed E-state index contributed by atoms with van der Waals surface area (Å²) in [7, 11) is 1.84. The molecule has 4 heteroatoms. The average molecular weight is 253 g/mol. The van der Waals surface area contributed by atoms with E-state index in [4.69, 9.17) is 10.5 Å². The molecule has 0 aliphatic carbocycles. The Morgan fingerprint density at radius 1 is 1.17 bits per heavy atom. The van der Waals surface area contributed by atoms with Gasteiger partial charge < -0.3 is 15.4 Å². The SMILES string of the molecule is COC1CCN(C2(CN)CCN3CCC2C3)CC1. The topological polar surface area (TPSA) is 41.7 Å². The van der Waals surface area contributed by atoms with Gasteiger partial charge in [0.2, 0.25) is 0 Å². The molecule has 3 unspecified atom stereocenters. The van der Waals surface area contributed by atoms with Crippen LogP contribution in [0.1, 0.15) is 25.7 Å². The monoisotopic (exact) mass is 253 g/mol. The maximum absolute atomic E-state index is 6.23. The van der Waals surface area contributed by atoms with Crippen molar-refractivity contribution < 1.29 is 4.74 Å². The van der Waals surface area contributed by atoms with Crippen molar-refractivity contribution in [2.75, 3.05) is 46.4 Å². The minimum atomic E-state index is 0.297. The van der Waals surface area contributed by atoms with Crippen LogP contribution in [0.2, 0.25) is 0 Å². The Labute approximate surface area is 110 Å². The molecule has 3 fully saturated rings. The molecule has 18 heavy (non-hydrogen) atoms. The summed E-state index contributed by atoms with van der Waals surface area (Å²) < 4.78 is 5.49. The molecule has 0 aromatic rings. The van der Waals surface area contributed by atoms with E-state index in [1.54, 1.807) is 0 Å². The van der Waals surface area contributed by atoms with Crippen LogP contribution in [0.3, 0.4) is 0 Å². The van der Waals surface area contributed by atoms with Gasteiger partial charge in [0.05, 0.1) is 6.10 Å². The smallest absolute Gasteiger partial charge is 0.0595 e. The van der Waals surface area contributed by atoms with Crippen molar-refractivity contribution in [1.82, 2.24) is 9.80 Å². The molecule has 2 bridgehead atoms. The zero-order chi connectivity index (χ0) is 12.6. The van der Waals surface area contributed by atoms with Crippen LogP contribution >= 0.6 is 0 Å². The second-order valence-corrected chi connectivity index (χ2v) is 6.27. The maximum Gasteiger partial charge on any atom is 0.0595 e. The molecule has 0 saturated carbocycles. The standard InChI is InChI=1S/C14H27N3O/c1-18-13-3-7-17(8-4-13)14(11-15)5-9-16-6-2-12(14)10-16/h12-13H,2-11,15H2,1H3. The molecule has 0 radical (unpaired) electrons. The second-order valence-electron chi connectivity index (χ2n) is 6.27. The van der Waals surface area contributed by atoms with Crippen LogP contribution < -0.4 is 5.73 Å². The Morgan fingerprint density at radius 2 is 1.94 bits per heavy atom. The van der Waals surface area contributed by atoms with Gasteiger partial charge >= 0.3 is 0 Å². The number of piperidine rings is 2. The molecule has 3 aliphatic rings. The van der Waals surface area contributed by atoms with Crippen molar-refractivity contribution in [3.63, 3.8) is 0 Å². The van der Waals surface area contributed by atoms with Crippen LogP contribution in [-0.4, -0.2) is 67.8 Å². The van der Waals surface area contributed by atoms with Crippen LogP contribution in [0.15, 0.2) is 0 Å². The molecule has 3 rings (SSSR count). The maximum atomic E-state index is 6.23. The molecular formula is C14H27N3O. The number of ether oxygens (including phenoxy) is 1. The summed E-state index contributed by atoms with van der Waals surface area (Å²) in [4.78, 5) is 5.32. The molecule has 3 heterocycles. The quantitative estimate of drug-likeness (QED) is 0.796. The number of nitrogens with two attached hydrogens (primary N) is 1. The van der Waals surface area contributed by atoms with Gasteiger partial charge in [0.1, 0.15) is 0 Å². The molecule has 2 N–H and O–H groups in total. The third-order valence-electron chi connectivity index (χ3n) is 5.65. The number of methoxy groups -OCH3 is 1. The van der Waals surface area contributed by atoms with E-state index in [-0.39, 0.29) is 0 Å². The van der Waals surface area contributed by atoms with Crippen molar-refractivity contribution in [1.29, 1.82) is 0 Å². The Hall–Kier alpha value is -0.160. The van der Waals surface area contributed by atoms with Crippen molar-refractivity contribution in [3.05, 3.63) is 0 Å². The summed E-state index contributed by atoms with van der Waals surface area (Å²) in [5.74, 6) is 0.801. The van der Waals surface area contributed by atoms with Gasteiger partial charge in [-0.25, -0.2) is 0 Å². The van der Waals surface area contributed by atoms with Gasteiger partial charge in [-0.2, -0.15) is 0 Å². The highest BCUT2D eigenvalue weighted by Gasteiger charge is 2.49. The van der Waals surface area contributed by atoms with E-state index in [9.17, 15) is 0 Å². The van der Waals surface area contributed by atoms with Gasteiger partial charge in [0.15, 0.2) is 0 Å². The van der Waals surface area contributed by atoms with E-state index in [1.807, 2.05) is 7.11 Å². The Bertz CT molecular complexity index is 291. The first-order valence-corrected chi connectivity index (χ1v) is 7.49. The van der Waals surface area contributed by atoms with E-state index < -0.39 is 0 Å². The summed E-state index contributed by atoms with van der Waals surface area (Å²) in [6, 6.07) is 0. The van der Waals surface area contributed by atoms with Crippen LogP contribution in [0.4, 0.5) is 0 Å². The van der Waals surface area contributed by atoms with Crippen molar-refractivity contribution in [3.8, 4) is 0 Å². The number of fused-ring (bicyclic) bond motifs is 2. The lowest BCUT2D eigenvalue weighted by Gasteiger charge is -2.52. The van der Waals surface area contributed by atoms with Gasteiger partial charge in [-0.15, -0.1) is 0 Å². The summed E-state index contributed by atoms with van der Waals surface area (Å²) in [5, 5.41) is 0. The molecule has 0 amide bonds. The van der Waals surface area contributed by atoms with Gasteiger partial charge in [0, 0.05) is 38.8 Å². The number of likely N-dealkylation sites (tertiary alicyclic amines) is 1. The minimum Gasteiger partial charge on any atom is -0.381 e. The van der Waals surface area contributed by atoms with Crippen LogP contribution in [0.5, 0.6) is 0 Å². The molecule has 3 atom stereocenters. The fourth-order valence-corrected chi connectivity index (χ4v) is 4.38. The van der Waals surface area contributed by atoms with E-state index in [0.29, 0.717) is 11.6 Å². The molecule has 0 spiro atoms. The number of nitrogens with zero attached hydrogens (tertiary/aromatic N) is 2. The number of rotatable bonds is 3. The Balaban J connectivity index is 1.71. The van der Waals surface area contributed by atoms with Crippen molar-refractivity contribution in [2.24, 2.45) is 11.7 Å². The number of hydrogen-bond acceptors (Lipinski definition) is 4. The first-order chi connectivity index (χ1) is 8.78. The van der Waals surface area contributed by atoms with E-state index in [0.717, 1.165) is 12.5 Å². The summed E-state index contributed by atoms with van der Waals surface area (Å²) >= 11 is 0. The molecule has 3 aliphatic heterocycles. The molecule has 3 saturated heterocycles. The lowest BCUT2D eigenvalue weighted by Crippen LogP contribution is -2.64. The van der Waals surface area contributed by atoms with E-state index >= 15 is 0 Å². The minimum absolute atomic E-state index is 0.297. The van der Waals surface area contributed by atoms with Gasteiger partial charge in [0.25, 0.3) is 0 Å². The first-order valence-electron chi connectivity index (χ1n) is 7.49. The molecule has 104 valence electrons. The zero-order valence-electron chi connectivity index (χ0n) is 11.6. The highest BCUT2D eigenvalue weighted by Crippen LogP contribution is 2.40. The predicted octanol–water partition coefficient (Wildman–Crippen LogP) is 0.520. The highest BCUT2D eigenvalue weighted by molar-refractivity contribution is 5.05. The Kier molecular flexibility index (Phi) is 3.63. The molecule has 0 aromatic heterocycles. The van der Waals surface area contributed by atoms with Crippen LogP contribution in [0.25, 0.3) is 0 Å². The third kappa shape index (κ3) is 1.99. The Morgan fingerprint density at radius 3 is 2.61 bits per heavy atom. The molecular weight excluding hydrogens is 226 g/mol. The lowest BCUT2D eigenvalue weighted by atomic mass is 9.76. The van der Waals surface area contributed by atoms with Gasteiger partial charge in [-0.3, -0.25) is 4.90 Å². The predicted molar refractivity (Wildman–Crippen MR) is 72.6 cm³/mol. The highest BCUT2D eigenvalue weighted by atomic mass is 16.5. The summed E-state index contributed by atoms with van der Waals surface area (Å²) in [6.07, 6.45) is 5.44. The first kappa shape index (κ1) is 12.9. The van der Waals surface area contributed by atoms with Crippen LogP contribution in [0, 0.1) is 5.92 Å². The molecule has 4 nitrogen and oxygen atoms in total. The van der Waals surface area contributed by atoms with E-state index in [2.05, 4.69) is 9.80 Å². The normalized spacial score (nSPS) is 42.3. The van der Waals surface area contributed by atoms with Crippen molar-refractivity contribution >= 4 is 0 Å². The number of hydrogen-bond donors (Lipinski definition) is 1. The van der Waals surface area contributed by atoms with E-state index in [1.165, 1.54) is 58.4 Å². The van der Waals surface area contributed by atoms with Gasteiger partial charge in [-0.05, 0) is 44.7 Å². The fraction of sp³-hybridized carbons (Fsp3) is 1.00. The average Bonchev–Trinajstić information content (AvgIpc) is 2.84.